The normalized spacial score (nSPS) is 19.0. The molecule has 0 spiro atoms. The smallest absolute Gasteiger partial charge is 0.224 e. The van der Waals surface area contributed by atoms with Crippen molar-refractivity contribution in [3.05, 3.63) is 17.3 Å². The molecule has 0 aliphatic heterocycles. The summed E-state index contributed by atoms with van der Waals surface area (Å²) in [6.07, 6.45) is 7.28. The second-order valence-corrected chi connectivity index (χ2v) is 5.40. The van der Waals surface area contributed by atoms with Crippen LogP contribution in [0, 0.1) is 11.2 Å². The molecule has 0 atom stereocenters. The van der Waals surface area contributed by atoms with Gasteiger partial charge >= 0.3 is 0 Å². The van der Waals surface area contributed by atoms with Crippen molar-refractivity contribution < 1.29 is 4.39 Å². The van der Waals surface area contributed by atoms with Crippen molar-refractivity contribution in [1.29, 1.82) is 0 Å². The van der Waals surface area contributed by atoms with Crippen LogP contribution in [0.3, 0.4) is 0 Å². The zero-order valence-electron chi connectivity index (χ0n) is 9.97. The summed E-state index contributed by atoms with van der Waals surface area (Å²) in [5.74, 6) is -0.245. The Morgan fingerprint density at radius 1 is 1.41 bits per heavy atom. The maximum atomic E-state index is 13.4. The van der Waals surface area contributed by atoms with Gasteiger partial charge in [-0.15, -0.1) is 0 Å². The Labute approximate surface area is 106 Å². The second kappa shape index (κ2) is 5.17. The molecule has 94 valence electrons. The van der Waals surface area contributed by atoms with Gasteiger partial charge in [-0.25, -0.2) is 9.37 Å². The number of nitrogens with zero attached hydrogens (tertiary/aromatic N) is 2. The van der Waals surface area contributed by atoms with Crippen LogP contribution in [-0.4, -0.2) is 16.5 Å². The minimum Gasteiger partial charge on any atom is -0.367 e. The van der Waals surface area contributed by atoms with E-state index in [4.69, 9.17) is 11.6 Å². The van der Waals surface area contributed by atoms with Crippen LogP contribution in [-0.2, 0) is 0 Å². The Kier molecular flexibility index (Phi) is 3.82. The first-order valence-corrected chi connectivity index (χ1v) is 6.39. The van der Waals surface area contributed by atoms with Gasteiger partial charge in [0.25, 0.3) is 0 Å². The summed E-state index contributed by atoms with van der Waals surface area (Å²) in [5.41, 5.74) is 0.238. The zero-order valence-corrected chi connectivity index (χ0v) is 10.7. The van der Waals surface area contributed by atoms with Crippen LogP contribution in [0.25, 0.3) is 0 Å². The standard InChI is InChI=1S/C12H17ClFN3/c1-12(5-3-2-4-6-12)8-16-10-9(14)7-15-11(13)17-10/h7H,2-6,8H2,1H3,(H,15,16,17). The van der Waals surface area contributed by atoms with E-state index < -0.39 is 5.82 Å². The summed E-state index contributed by atoms with van der Waals surface area (Å²) in [4.78, 5) is 7.45. The highest BCUT2D eigenvalue weighted by atomic mass is 35.5. The molecule has 1 aromatic rings. The van der Waals surface area contributed by atoms with Crippen LogP contribution >= 0.6 is 11.6 Å². The van der Waals surface area contributed by atoms with E-state index in [1.54, 1.807) is 0 Å². The van der Waals surface area contributed by atoms with E-state index in [-0.39, 0.29) is 16.5 Å². The lowest BCUT2D eigenvalue weighted by atomic mass is 9.76. The lowest BCUT2D eigenvalue weighted by Gasteiger charge is -2.33. The first-order valence-electron chi connectivity index (χ1n) is 6.01. The Hall–Kier alpha value is -0.900. The number of rotatable bonds is 3. The summed E-state index contributed by atoms with van der Waals surface area (Å²) in [6, 6.07) is 0. The maximum Gasteiger partial charge on any atom is 0.224 e. The topological polar surface area (TPSA) is 37.8 Å². The van der Waals surface area contributed by atoms with Gasteiger partial charge < -0.3 is 5.32 Å². The van der Waals surface area contributed by atoms with E-state index in [2.05, 4.69) is 22.2 Å². The molecule has 1 aliphatic rings. The van der Waals surface area contributed by atoms with E-state index in [1.807, 2.05) is 0 Å². The van der Waals surface area contributed by atoms with Crippen LogP contribution in [0.15, 0.2) is 6.20 Å². The van der Waals surface area contributed by atoms with Crippen LogP contribution < -0.4 is 5.32 Å². The molecule has 1 fully saturated rings. The number of nitrogens with one attached hydrogen (secondary N) is 1. The monoisotopic (exact) mass is 257 g/mol. The fraction of sp³-hybridized carbons (Fsp3) is 0.667. The molecular weight excluding hydrogens is 241 g/mol. The SMILES string of the molecule is CC1(CNc2nc(Cl)ncc2F)CCCCC1. The molecule has 5 heteroatoms. The Balaban J connectivity index is 1.99. The first kappa shape index (κ1) is 12.6. The average Bonchev–Trinajstić information content (AvgIpc) is 2.31. The van der Waals surface area contributed by atoms with Gasteiger partial charge in [0.1, 0.15) is 0 Å². The van der Waals surface area contributed by atoms with Gasteiger partial charge in [-0.2, -0.15) is 4.98 Å². The molecule has 1 heterocycles. The molecule has 3 nitrogen and oxygen atoms in total. The van der Waals surface area contributed by atoms with Gasteiger partial charge in [-0.1, -0.05) is 26.2 Å². The molecule has 1 N–H and O–H groups in total. The van der Waals surface area contributed by atoms with Gasteiger partial charge in [-0.05, 0) is 29.9 Å². The molecule has 0 bridgehead atoms. The van der Waals surface area contributed by atoms with Gasteiger partial charge in [0.05, 0.1) is 6.20 Å². The summed E-state index contributed by atoms with van der Waals surface area (Å²) in [7, 11) is 0. The molecule has 1 saturated carbocycles. The third-order valence-corrected chi connectivity index (χ3v) is 3.64. The highest BCUT2D eigenvalue weighted by Gasteiger charge is 2.26. The second-order valence-electron chi connectivity index (χ2n) is 5.06. The van der Waals surface area contributed by atoms with Gasteiger partial charge in [0, 0.05) is 6.54 Å². The van der Waals surface area contributed by atoms with E-state index in [0.29, 0.717) is 0 Å². The molecule has 1 aromatic heterocycles. The van der Waals surface area contributed by atoms with E-state index >= 15 is 0 Å². The van der Waals surface area contributed by atoms with Crippen molar-refractivity contribution in [3.63, 3.8) is 0 Å². The lowest BCUT2D eigenvalue weighted by Crippen LogP contribution is -2.29. The maximum absolute atomic E-state index is 13.4. The minimum absolute atomic E-state index is 0.0719. The minimum atomic E-state index is -0.450. The van der Waals surface area contributed by atoms with Crippen molar-refractivity contribution in [1.82, 2.24) is 9.97 Å². The lowest BCUT2D eigenvalue weighted by molar-refractivity contribution is 0.233. The predicted molar refractivity (Wildman–Crippen MR) is 66.7 cm³/mol. The molecular formula is C12H17ClFN3. The van der Waals surface area contributed by atoms with Crippen LogP contribution in [0.1, 0.15) is 39.0 Å². The molecule has 0 unspecified atom stereocenters. The van der Waals surface area contributed by atoms with E-state index in [9.17, 15) is 4.39 Å². The van der Waals surface area contributed by atoms with E-state index in [1.165, 1.54) is 32.1 Å². The molecule has 0 radical (unpaired) electrons. The number of hydrogen-bond acceptors (Lipinski definition) is 3. The highest BCUT2D eigenvalue weighted by molar-refractivity contribution is 6.28. The average molecular weight is 258 g/mol. The quantitative estimate of drug-likeness (QED) is 0.840. The van der Waals surface area contributed by atoms with Crippen molar-refractivity contribution in [2.24, 2.45) is 5.41 Å². The third-order valence-electron chi connectivity index (χ3n) is 3.46. The summed E-state index contributed by atoms with van der Waals surface area (Å²) in [5, 5.41) is 3.13. The number of aromatic nitrogens is 2. The van der Waals surface area contributed by atoms with Crippen molar-refractivity contribution >= 4 is 17.4 Å². The molecule has 17 heavy (non-hydrogen) atoms. The number of anilines is 1. The number of hydrogen-bond donors (Lipinski definition) is 1. The van der Waals surface area contributed by atoms with Gasteiger partial charge in [-0.3, -0.25) is 0 Å². The zero-order chi connectivity index (χ0) is 12.3. The van der Waals surface area contributed by atoms with Crippen LogP contribution in [0.4, 0.5) is 10.2 Å². The van der Waals surface area contributed by atoms with Gasteiger partial charge in [0.2, 0.25) is 5.28 Å². The summed E-state index contributed by atoms with van der Waals surface area (Å²) < 4.78 is 13.4. The Bertz CT molecular complexity index is 391. The molecule has 1 aliphatic carbocycles. The van der Waals surface area contributed by atoms with Gasteiger partial charge in [0.15, 0.2) is 11.6 Å². The highest BCUT2D eigenvalue weighted by Crippen LogP contribution is 2.35. The summed E-state index contributed by atoms with van der Waals surface area (Å²) in [6.45, 7) is 2.97. The van der Waals surface area contributed by atoms with Crippen molar-refractivity contribution in [3.8, 4) is 0 Å². The fourth-order valence-electron chi connectivity index (χ4n) is 2.35. The summed E-state index contributed by atoms with van der Waals surface area (Å²) >= 11 is 5.64. The largest absolute Gasteiger partial charge is 0.367 e. The first-order chi connectivity index (χ1) is 8.09. The Morgan fingerprint density at radius 2 is 2.12 bits per heavy atom. The molecule has 0 amide bonds. The van der Waals surface area contributed by atoms with E-state index in [0.717, 1.165) is 12.7 Å². The molecule has 0 aromatic carbocycles. The fourth-order valence-corrected chi connectivity index (χ4v) is 2.48. The number of halogens is 2. The van der Waals surface area contributed by atoms with Crippen molar-refractivity contribution in [2.75, 3.05) is 11.9 Å². The molecule has 2 rings (SSSR count). The predicted octanol–water partition coefficient (Wildman–Crippen LogP) is 3.65. The molecule has 0 saturated heterocycles. The third kappa shape index (κ3) is 3.28. The van der Waals surface area contributed by atoms with Crippen LogP contribution in [0.5, 0.6) is 0 Å². The van der Waals surface area contributed by atoms with Crippen molar-refractivity contribution in [2.45, 2.75) is 39.0 Å². The Morgan fingerprint density at radius 3 is 2.82 bits per heavy atom. The van der Waals surface area contributed by atoms with Crippen LogP contribution in [0.2, 0.25) is 5.28 Å².